The molecule has 2 saturated carbocycles. The second-order valence-corrected chi connectivity index (χ2v) is 8.34. The molecule has 0 N–H and O–H groups in total. The van der Waals surface area contributed by atoms with Gasteiger partial charge in [0.05, 0.1) is 13.2 Å². The molecule has 23 heavy (non-hydrogen) atoms. The quantitative estimate of drug-likeness (QED) is 0.800. The third kappa shape index (κ3) is 3.30. The zero-order chi connectivity index (χ0) is 15.8. The fourth-order valence-electron chi connectivity index (χ4n) is 5.33. The number of rotatable bonds is 3. The first kappa shape index (κ1) is 15.9. The van der Waals surface area contributed by atoms with Gasteiger partial charge in [-0.15, -0.1) is 0 Å². The predicted octanol–water partition coefficient (Wildman–Crippen LogP) is 2.38. The molecule has 0 radical (unpaired) electrons. The first-order chi connectivity index (χ1) is 11.2. The van der Waals surface area contributed by atoms with E-state index < -0.39 is 0 Å². The summed E-state index contributed by atoms with van der Waals surface area (Å²) >= 11 is 0. The van der Waals surface area contributed by atoms with Crippen LogP contribution in [0.2, 0.25) is 0 Å². The Hall–Kier alpha value is -0.610. The van der Waals surface area contributed by atoms with E-state index in [0.717, 1.165) is 51.2 Å². The maximum atomic E-state index is 12.9. The van der Waals surface area contributed by atoms with Gasteiger partial charge in [0.1, 0.15) is 0 Å². The van der Waals surface area contributed by atoms with Crippen LogP contribution in [0.4, 0.5) is 0 Å². The molecule has 0 spiro atoms. The lowest BCUT2D eigenvalue weighted by molar-refractivity contribution is -0.132. The molecule has 0 aromatic rings. The van der Waals surface area contributed by atoms with Crippen molar-refractivity contribution in [1.29, 1.82) is 0 Å². The molecule has 4 heteroatoms. The maximum Gasteiger partial charge on any atom is 0.226 e. The Bertz CT molecular complexity index is 429. The largest absolute Gasteiger partial charge is 0.379 e. The van der Waals surface area contributed by atoms with Crippen LogP contribution in [-0.4, -0.2) is 61.1 Å². The number of carbonyl (C=O) groups excluding carboxylic acids is 1. The summed E-state index contributed by atoms with van der Waals surface area (Å²) in [6, 6.07) is 0.551. The van der Waals surface area contributed by atoms with Crippen LogP contribution in [0, 0.1) is 23.7 Å². The van der Waals surface area contributed by atoms with E-state index in [1.807, 2.05) is 0 Å². The highest BCUT2D eigenvalue weighted by atomic mass is 16.5. The van der Waals surface area contributed by atoms with E-state index in [1.54, 1.807) is 0 Å². The molecule has 4 rings (SSSR count). The summed E-state index contributed by atoms with van der Waals surface area (Å²) in [6.07, 6.45) is 8.12. The van der Waals surface area contributed by atoms with Gasteiger partial charge in [-0.1, -0.05) is 39.0 Å². The van der Waals surface area contributed by atoms with Crippen LogP contribution in [0.5, 0.6) is 0 Å². The third-order valence-corrected chi connectivity index (χ3v) is 6.81. The van der Waals surface area contributed by atoms with Crippen molar-refractivity contribution in [2.75, 3.05) is 39.4 Å². The van der Waals surface area contributed by atoms with Crippen molar-refractivity contribution in [1.82, 2.24) is 9.80 Å². The number of ether oxygens (including phenoxy) is 1. The molecule has 2 aliphatic heterocycles. The maximum absolute atomic E-state index is 12.9. The zero-order valence-corrected chi connectivity index (χ0v) is 14.6. The minimum absolute atomic E-state index is 0.369. The highest BCUT2D eigenvalue weighted by Crippen LogP contribution is 2.50. The van der Waals surface area contributed by atoms with Crippen molar-refractivity contribution >= 4 is 5.91 Å². The van der Waals surface area contributed by atoms with Gasteiger partial charge < -0.3 is 9.64 Å². The fourth-order valence-corrected chi connectivity index (χ4v) is 5.33. The summed E-state index contributed by atoms with van der Waals surface area (Å²) in [5, 5.41) is 0. The average molecular weight is 320 g/mol. The normalized spacial score (nSPS) is 39.6. The second kappa shape index (κ2) is 6.72. The number of hydrogen-bond donors (Lipinski definition) is 0. The monoisotopic (exact) mass is 320 g/mol. The first-order valence-corrected chi connectivity index (χ1v) is 9.84. The molecule has 130 valence electrons. The van der Waals surface area contributed by atoms with Gasteiger partial charge in [0.15, 0.2) is 0 Å². The van der Waals surface area contributed by atoms with Crippen molar-refractivity contribution in [3.05, 3.63) is 0 Å². The molecular weight excluding hydrogens is 288 g/mol. The van der Waals surface area contributed by atoms with E-state index in [2.05, 4.69) is 16.7 Å². The summed E-state index contributed by atoms with van der Waals surface area (Å²) < 4.78 is 5.48. The molecule has 2 aliphatic carbocycles. The van der Waals surface area contributed by atoms with E-state index in [-0.39, 0.29) is 0 Å². The molecule has 0 bridgehead atoms. The van der Waals surface area contributed by atoms with Gasteiger partial charge in [0.2, 0.25) is 5.91 Å². The molecule has 4 fully saturated rings. The van der Waals surface area contributed by atoms with E-state index in [0.29, 0.717) is 23.8 Å². The van der Waals surface area contributed by atoms with E-state index in [9.17, 15) is 4.79 Å². The standard InChI is InChI=1S/C19H32N2O2/c1-14-12-21(13-18(14)20-7-9-23-10-8-20)19(22)17-11-16(17)15-5-3-2-4-6-15/h14-18H,2-13H2,1H3/t14-,16-,17-,18+/m1/s1. The summed E-state index contributed by atoms with van der Waals surface area (Å²) in [6.45, 7) is 8.00. The minimum Gasteiger partial charge on any atom is -0.379 e. The molecule has 0 aromatic heterocycles. The highest BCUT2D eigenvalue weighted by molar-refractivity contribution is 5.82. The third-order valence-electron chi connectivity index (χ3n) is 6.81. The molecule has 1 amide bonds. The molecule has 0 unspecified atom stereocenters. The number of likely N-dealkylation sites (tertiary alicyclic amines) is 1. The van der Waals surface area contributed by atoms with Gasteiger partial charge in [0.25, 0.3) is 0 Å². The van der Waals surface area contributed by atoms with Crippen LogP contribution >= 0.6 is 0 Å². The Morgan fingerprint density at radius 1 is 1.04 bits per heavy atom. The minimum atomic E-state index is 0.369. The number of carbonyl (C=O) groups is 1. The number of amides is 1. The van der Waals surface area contributed by atoms with Crippen molar-refractivity contribution in [3.8, 4) is 0 Å². The Labute approximate surface area is 140 Å². The van der Waals surface area contributed by atoms with Crippen LogP contribution in [0.15, 0.2) is 0 Å². The van der Waals surface area contributed by atoms with Gasteiger partial charge >= 0.3 is 0 Å². The van der Waals surface area contributed by atoms with Crippen molar-refractivity contribution < 1.29 is 9.53 Å². The van der Waals surface area contributed by atoms with Crippen LogP contribution < -0.4 is 0 Å². The SMILES string of the molecule is C[C@@H]1CN(C(=O)[C@@H]2C[C@@H]2C2CCCCC2)C[C@@H]1N1CCOCC1. The second-order valence-electron chi connectivity index (χ2n) is 8.34. The van der Waals surface area contributed by atoms with Gasteiger partial charge in [-0.25, -0.2) is 0 Å². The lowest BCUT2D eigenvalue weighted by Crippen LogP contribution is -2.47. The van der Waals surface area contributed by atoms with Crippen molar-refractivity contribution in [2.45, 2.75) is 51.5 Å². The topological polar surface area (TPSA) is 32.8 Å². The lowest BCUT2D eigenvalue weighted by Gasteiger charge is -2.34. The molecular formula is C19H32N2O2. The summed E-state index contributed by atoms with van der Waals surface area (Å²) in [5.74, 6) is 3.02. The van der Waals surface area contributed by atoms with Crippen LogP contribution in [0.1, 0.15) is 45.4 Å². The van der Waals surface area contributed by atoms with Gasteiger partial charge in [-0.05, 0) is 24.2 Å². The predicted molar refractivity (Wildman–Crippen MR) is 90.1 cm³/mol. The number of morpholine rings is 1. The highest BCUT2D eigenvalue weighted by Gasteiger charge is 2.50. The Balaban J connectivity index is 1.31. The number of hydrogen-bond acceptors (Lipinski definition) is 3. The van der Waals surface area contributed by atoms with Gasteiger partial charge in [-0.2, -0.15) is 0 Å². The van der Waals surface area contributed by atoms with Gasteiger partial charge in [-0.3, -0.25) is 9.69 Å². The Morgan fingerprint density at radius 3 is 2.52 bits per heavy atom. The summed E-state index contributed by atoms with van der Waals surface area (Å²) in [5.41, 5.74) is 0. The van der Waals surface area contributed by atoms with Crippen molar-refractivity contribution in [2.24, 2.45) is 23.7 Å². The fraction of sp³-hybridized carbons (Fsp3) is 0.947. The van der Waals surface area contributed by atoms with Crippen molar-refractivity contribution in [3.63, 3.8) is 0 Å². The zero-order valence-electron chi connectivity index (χ0n) is 14.6. The molecule has 4 nitrogen and oxygen atoms in total. The molecule has 2 saturated heterocycles. The Kier molecular flexibility index (Phi) is 4.64. The lowest BCUT2D eigenvalue weighted by atomic mass is 9.85. The molecule has 4 atom stereocenters. The van der Waals surface area contributed by atoms with Crippen LogP contribution in [0.25, 0.3) is 0 Å². The van der Waals surface area contributed by atoms with Gasteiger partial charge in [0, 0.05) is 38.1 Å². The first-order valence-electron chi connectivity index (χ1n) is 9.84. The summed E-state index contributed by atoms with van der Waals surface area (Å²) in [4.78, 5) is 17.7. The number of nitrogens with zero attached hydrogens (tertiary/aromatic N) is 2. The van der Waals surface area contributed by atoms with Crippen LogP contribution in [0.3, 0.4) is 0 Å². The van der Waals surface area contributed by atoms with Crippen LogP contribution in [-0.2, 0) is 9.53 Å². The van der Waals surface area contributed by atoms with E-state index in [1.165, 1.54) is 38.5 Å². The Morgan fingerprint density at radius 2 is 1.78 bits per heavy atom. The average Bonchev–Trinajstić information content (AvgIpc) is 3.31. The molecule has 4 aliphatic rings. The van der Waals surface area contributed by atoms with E-state index in [4.69, 9.17) is 4.74 Å². The molecule has 2 heterocycles. The smallest absolute Gasteiger partial charge is 0.226 e. The summed E-state index contributed by atoms with van der Waals surface area (Å²) in [7, 11) is 0. The van der Waals surface area contributed by atoms with E-state index >= 15 is 0 Å². The molecule has 0 aromatic carbocycles.